The van der Waals surface area contributed by atoms with E-state index < -0.39 is 86.7 Å². The van der Waals surface area contributed by atoms with Crippen LogP contribution < -0.4 is 0 Å². The van der Waals surface area contributed by atoms with Crippen molar-refractivity contribution in [2.45, 2.75) is 184 Å². The van der Waals surface area contributed by atoms with Crippen molar-refractivity contribution in [1.29, 1.82) is 0 Å². The highest BCUT2D eigenvalue weighted by molar-refractivity contribution is 5.69. The number of aliphatic hydroxyl groups is 7. The largest absolute Gasteiger partial charge is 0.457 e. The number of unbranched alkanes of at least 4 members (excludes halogenated alkanes) is 9. The monoisotopic (exact) mass is 815 g/mol. The van der Waals surface area contributed by atoms with E-state index in [2.05, 4.69) is 50.3 Å². The van der Waals surface area contributed by atoms with E-state index in [0.717, 1.165) is 44.9 Å². The van der Waals surface area contributed by atoms with Crippen LogP contribution in [0.1, 0.15) is 117 Å². The van der Waals surface area contributed by atoms with E-state index in [1.165, 1.54) is 44.9 Å². The first-order chi connectivity index (χ1) is 27.6. The normalized spacial score (nSPS) is 29.0. The number of carbonyl (C=O) groups excluding carboxylic acids is 1. The van der Waals surface area contributed by atoms with Gasteiger partial charge in [0.2, 0.25) is 0 Å². The first kappa shape index (κ1) is 51.1. The molecule has 330 valence electrons. The van der Waals surface area contributed by atoms with Crippen LogP contribution in [0.25, 0.3) is 0 Å². The van der Waals surface area contributed by atoms with Crippen molar-refractivity contribution in [2.24, 2.45) is 0 Å². The number of hydrogen-bond acceptors (Lipinski definition) is 14. The molecule has 2 saturated heterocycles. The summed E-state index contributed by atoms with van der Waals surface area (Å²) in [4.78, 5) is 12.8. The molecule has 2 fully saturated rings. The molecule has 0 aromatic rings. The second-order valence-electron chi connectivity index (χ2n) is 14.8. The van der Waals surface area contributed by atoms with Crippen LogP contribution in [0.5, 0.6) is 0 Å². The summed E-state index contributed by atoms with van der Waals surface area (Å²) in [6, 6.07) is 0. The van der Waals surface area contributed by atoms with Crippen LogP contribution in [0.2, 0.25) is 0 Å². The van der Waals surface area contributed by atoms with Crippen molar-refractivity contribution in [3.63, 3.8) is 0 Å². The Balaban J connectivity index is 1.88. The molecule has 0 aliphatic carbocycles. The van der Waals surface area contributed by atoms with Crippen LogP contribution in [-0.4, -0.2) is 142 Å². The smallest absolute Gasteiger partial charge is 0.306 e. The van der Waals surface area contributed by atoms with Crippen molar-refractivity contribution >= 4 is 5.97 Å². The molecule has 11 unspecified atom stereocenters. The first-order valence-corrected chi connectivity index (χ1v) is 21.2. The molecule has 57 heavy (non-hydrogen) atoms. The summed E-state index contributed by atoms with van der Waals surface area (Å²) in [5.74, 6) is -0.458. The zero-order valence-electron chi connectivity index (χ0n) is 34.3. The van der Waals surface area contributed by atoms with Gasteiger partial charge in [-0.3, -0.25) is 4.79 Å². The summed E-state index contributed by atoms with van der Waals surface area (Å²) in [6.07, 6.45) is 16.4. The van der Waals surface area contributed by atoms with Gasteiger partial charge in [0.05, 0.1) is 26.4 Å². The van der Waals surface area contributed by atoms with Gasteiger partial charge in [0, 0.05) is 13.0 Å². The van der Waals surface area contributed by atoms with E-state index in [0.29, 0.717) is 13.0 Å². The summed E-state index contributed by atoms with van der Waals surface area (Å²) in [5, 5.41) is 71.7. The molecule has 0 aromatic carbocycles. The third-order valence-corrected chi connectivity index (χ3v) is 9.87. The average Bonchev–Trinajstić information content (AvgIpc) is 3.20. The Kier molecular flexibility index (Phi) is 28.5. The van der Waals surface area contributed by atoms with Crippen molar-refractivity contribution < 1.29 is 69.0 Å². The van der Waals surface area contributed by atoms with Gasteiger partial charge >= 0.3 is 5.97 Å². The topological polar surface area (TPSA) is 214 Å². The molecule has 0 radical (unpaired) electrons. The van der Waals surface area contributed by atoms with Crippen molar-refractivity contribution in [3.05, 3.63) is 48.6 Å². The standard InChI is InChI=1S/C43H74O14/c1-3-5-7-9-11-13-15-16-17-18-20-22-24-26-35(45)55-32(29-52-27-25-23-21-19-14-12-10-8-6-4-2)30-53-42-41(51)39(49)37(47)34(57-42)31-54-43-40(50)38(48)36(46)33(28-44)56-43/h5,7,11,13,16-17,20,22,32-34,36-44,46-51H,3-4,6,8-10,12,14-15,18-19,21,23-31H2,1-2H3/b7-5-,13-11-,17-16-,22-20-. The van der Waals surface area contributed by atoms with E-state index in [1.807, 2.05) is 12.2 Å². The molecule has 14 heteroatoms. The van der Waals surface area contributed by atoms with E-state index in [4.69, 9.17) is 28.4 Å². The second kappa shape index (κ2) is 31.8. The molecular formula is C43H74O14. The lowest BCUT2D eigenvalue weighted by Crippen LogP contribution is -2.61. The molecule has 14 nitrogen and oxygen atoms in total. The van der Waals surface area contributed by atoms with Crippen LogP contribution in [0.4, 0.5) is 0 Å². The van der Waals surface area contributed by atoms with Gasteiger partial charge in [-0.2, -0.15) is 0 Å². The number of allylic oxidation sites excluding steroid dienone is 8. The zero-order chi connectivity index (χ0) is 41.7. The summed E-state index contributed by atoms with van der Waals surface area (Å²) < 4.78 is 33.9. The van der Waals surface area contributed by atoms with E-state index >= 15 is 0 Å². The van der Waals surface area contributed by atoms with Crippen molar-refractivity contribution in [1.82, 2.24) is 0 Å². The molecule has 0 spiro atoms. The lowest BCUT2D eigenvalue weighted by Gasteiger charge is -2.42. The average molecular weight is 815 g/mol. The highest BCUT2D eigenvalue weighted by Gasteiger charge is 2.47. The summed E-state index contributed by atoms with van der Waals surface area (Å²) in [7, 11) is 0. The highest BCUT2D eigenvalue weighted by atomic mass is 16.7. The molecule has 11 atom stereocenters. The third-order valence-electron chi connectivity index (χ3n) is 9.87. The maximum Gasteiger partial charge on any atom is 0.306 e. The van der Waals surface area contributed by atoms with Crippen LogP contribution >= 0.6 is 0 Å². The van der Waals surface area contributed by atoms with Gasteiger partial charge in [0.15, 0.2) is 12.6 Å². The number of aliphatic hydroxyl groups excluding tert-OH is 7. The number of rotatable bonds is 31. The molecule has 2 rings (SSSR count). The third kappa shape index (κ3) is 21.2. The fraction of sp³-hybridized carbons (Fsp3) is 0.791. The van der Waals surface area contributed by atoms with Crippen molar-refractivity contribution in [2.75, 3.05) is 33.0 Å². The molecule has 0 aromatic heterocycles. The summed E-state index contributed by atoms with van der Waals surface area (Å²) in [5.41, 5.74) is 0. The predicted molar refractivity (Wildman–Crippen MR) is 215 cm³/mol. The maximum absolute atomic E-state index is 12.8. The molecule has 0 amide bonds. The van der Waals surface area contributed by atoms with Gasteiger partial charge in [-0.15, -0.1) is 0 Å². The molecule has 7 N–H and O–H groups in total. The van der Waals surface area contributed by atoms with E-state index in [1.54, 1.807) is 0 Å². The maximum atomic E-state index is 12.8. The van der Waals surface area contributed by atoms with Crippen molar-refractivity contribution in [3.8, 4) is 0 Å². The summed E-state index contributed by atoms with van der Waals surface area (Å²) >= 11 is 0. The highest BCUT2D eigenvalue weighted by Crippen LogP contribution is 2.26. The lowest BCUT2D eigenvalue weighted by molar-refractivity contribution is -0.332. The van der Waals surface area contributed by atoms with Gasteiger partial charge < -0.3 is 64.2 Å². The fourth-order valence-electron chi connectivity index (χ4n) is 6.35. The minimum atomic E-state index is -1.72. The molecule has 2 aliphatic heterocycles. The van der Waals surface area contributed by atoms with Crippen LogP contribution in [0.3, 0.4) is 0 Å². The van der Waals surface area contributed by atoms with Gasteiger partial charge in [0.25, 0.3) is 0 Å². The Labute approximate surface area is 340 Å². The SMILES string of the molecule is CC/C=C\C/C=C\C/C=C\C/C=C\CCC(=O)OC(COCCCCCCCCCCCC)COC1OC(COC2OC(CO)C(O)C(O)C2O)C(O)C(O)C1O. The summed E-state index contributed by atoms with van der Waals surface area (Å²) in [6.45, 7) is 3.43. The first-order valence-electron chi connectivity index (χ1n) is 21.2. The quantitative estimate of drug-likeness (QED) is 0.0299. The van der Waals surface area contributed by atoms with Gasteiger partial charge in [-0.25, -0.2) is 0 Å². The molecule has 2 heterocycles. The fourth-order valence-corrected chi connectivity index (χ4v) is 6.35. The minimum absolute atomic E-state index is 0.0325. The zero-order valence-corrected chi connectivity index (χ0v) is 34.3. The molecule has 0 bridgehead atoms. The molecule has 0 saturated carbocycles. The second-order valence-corrected chi connectivity index (χ2v) is 14.8. The van der Waals surface area contributed by atoms with Gasteiger partial charge in [0.1, 0.15) is 54.9 Å². The van der Waals surface area contributed by atoms with Gasteiger partial charge in [-0.1, -0.05) is 120 Å². The Hall–Kier alpha value is -2.05. The number of ether oxygens (including phenoxy) is 6. The van der Waals surface area contributed by atoms with Gasteiger partial charge in [-0.05, 0) is 38.5 Å². The number of esters is 1. The van der Waals surface area contributed by atoms with E-state index in [-0.39, 0.29) is 19.6 Å². The number of hydrogen-bond donors (Lipinski definition) is 7. The molecule has 2 aliphatic rings. The lowest BCUT2D eigenvalue weighted by atomic mass is 9.98. The number of carbonyl (C=O) groups is 1. The Morgan fingerprint density at radius 1 is 0.596 bits per heavy atom. The Morgan fingerprint density at radius 2 is 1.11 bits per heavy atom. The van der Waals surface area contributed by atoms with Crippen LogP contribution in [-0.2, 0) is 33.2 Å². The predicted octanol–water partition coefficient (Wildman–Crippen LogP) is 4.06. The van der Waals surface area contributed by atoms with Crippen LogP contribution in [0.15, 0.2) is 48.6 Å². The minimum Gasteiger partial charge on any atom is -0.457 e. The van der Waals surface area contributed by atoms with Crippen LogP contribution in [0, 0.1) is 0 Å². The Bertz CT molecular complexity index is 1130. The Morgan fingerprint density at radius 3 is 1.68 bits per heavy atom. The molecular weight excluding hydrogens is 740 g/mol. The van der Waals surface area contributed by atoms with E-state index in [9.17, 15) is 40.5 Å².